The molecule has 1 rings (SSSR count). The number of hydrogen-bond donors (Lipinski definition) is 0. The van der Waals surface area contributed by atoms with Crippen molar-refractivity contribution in [2.24, 2.45) is 0 Å². The molecule has 0 saturated carbocycles. The van der Waals surface area contributed by atoms with Gasteiger partial charge in [0.25, 0.3) is 0 Å². The van der Waals surface area contributed by atoms with Crippen LogP contribution in [0.15, 0.2) is 0 Å². The van der Waals surface area contributed by atoms with Crippen molar-refractivity contribution in [3.05, 3.63) is 0 Å². The predicted octanol–water partition coefficient (Wildman–Crippen LogP) is 0.819. The Bertz CT molecular complexity index is 108. The summed E-state index contributed by atoms with van der Waals surface area (Å²) in [5.74, 6) is 0. The summed E-state index contributed by atoms with van der Waals surface area (Å²) in [5, 5.41) is 0. The van der Waals surface area contributed by atoms with Crippen LogP contribution in [0.4, 0.5) is 0 Å². The normalized spacial score (nSPS) is 28.2. The molecule has 1 heterocycles. The van der Waals surface area contributed by atoms with Gasteiger partial charge in [-0.05, 0) is 27.1 Å². The fraction of sp³-hybridized carbons (Fsp3) is 1.00. The number of likely N-dealkylation sites (N-methyl/N-ethyl adjacent to an activating group) is 2. The van der Waals surface area contributed by atoms with E-state index in [1.54, 1.807) is 0 Å². The molecular formula is C7H15ClN2. The number of alkyl halides is 1. The lowest BCUT2D eigenvalue weighted by atomic mass is 10.2. The maximum Gasteiger partial charge on any atom is 0.0738 e. The molecule has 1 aliphatic heterocycles. The largest absolute Gasteiger partial charge is 0.305 e. The van der Waals surface area contributed by atoms with E-state index in [1.807, 2.05) is 0 Å². The Morgan fingerprint density at radius 1 is 1.70 bits per heavy atom. The van der Waals surface area contributed by atoms with Crippen LogP contribution in [-0.4, -0.2) is 49.0 Å². The third-order valence-corrected chi connectivity index (χ3v) is 2.56. The van der Waals surface area contributed by atoms with Crippen LogP contribution in [-0.2, 0) is 0 Å². The fourth-order valence-corrected chi connectivity index (χ4v) is 1.56. The second kappa shape index (κ2) is 3.56. The molecule has 0 radical (unpaired) electrons. The van der Waals surface area contributed by atoms with Gasteiger partial charge in [-0.3, -0.25) is 4.90 Å². The van der Waals surface area contributed by atoms with Crippen molar-refractivity contribution in [1.29, 1.82) is 0 Å². The summed E-state index contributed by atoms with van der Waals surface area (Å²) < 4.78 is 0. The first kappa shape index (κ1) is 8.31. The Kier molecular flexibility index (Phi) is 2.96. The lowest BCUT2D eigenvalue weighted by Crippen LogP contribution is -2.32. The Morgan fingerprint density at radius 3 is 2.80 bits per heavy atom. The van der Waals surface area contributed by atoms with Crippen molar-refractivity contribution in [2.45, 2.75) is 12.5 Å². The molecule has 0 aromatic rings. The van der Waals surface area contributed by atoms with E-state index in [1.165, 1.54) is 19.5 Å². The summed E-state index contributed by atoms with van der Waals surface area (Å²) >= 11 is 5.69. The predicted molar refractivity (Wildman–Crippen MR) is 44.4 cm³/mol. The van der Waals surface area contributed by atoms with E-state index < -0.39 is 0 Å². The van der Waals surface area contributed by atoms with Crippen molar-refractivity contribution in [2.75, 3.05) is 33.2 Å². The van der Waals surface area contributed by atoms with Gasteiger partial charge < -0.3 is 4.90 Å². The molecule has 1 atom stereocenters. The van der Waals surface area contributed by atoms with Crippen LogP contribution < -0.4 is 0 Å². The van der Waals surface area contributed by atoms with Crippen LogP contribution in [0.3, 0.4) is 0 Å². The number of likely N-dealkylation sites (tertiary alicyclic amines) is 1. The second-order valence-corrected chi connectivity index (χ2v) is 3.32. The Labute approximate surface area is 67.7 Å². The molecular weight excluding hydrogens is 148 g/mol. The lowest BCUT2D eigenvalue weighted by molar-refractivity contribution is 0.276. The quantitative estimate of drug-likeness (QED) is 0.438. The van der Waals surface area contributed by atoms with Gasteiger partial charge in [-0.2, -0.15) is 0 Å². The van der Waals surface area contributed by atoms with Crippen molar-refractivity contribution in [3.63, 3.8) is 0 Å². The Hall–Kier alpha value is 0.210. The number of rotatable bonds is 2. The standard InChI is InChI=1S/C7H15ClN2/c1-9-4-3-7(5-9)10(2)6-8/h7H,3-6H2,1-2H3. The van der Waals surface area contributed by atoms with Gasteiger partial charge in [0, 0.05) is 12.6 Å². The molecule has 10 heavy (non-hydrogen) atoms. The Balaban J connectivity index is 2.29. The molecule has 0 aromatic carbocycles. The van der Waals surface area contributed by atoms with Crippen molar-refractivity contribution in [3.8, 4) is 0 Å². The third kappa shape index (κ3) is 1.84. The van der Waals surface area contributed by atoms with E-state index in [0.29, 0.717) is 12.0 Å². The van der Waals surface area contributed by atoms with Gasteiger partial charge in [0.1, 0.15) is 0 Å². The van der Waals surface area contributed by atoms with E-state index in [9.17, 15) is 0 Å². The van der Waals surface area contributed by atoms with E-state index in [4.69, 9.17) is 11.6 Å². The molecule has 0 aromatic heterocycles. The zero-order chi connectivity index (χ0) is 7.56. The van der Waals surface area contributed by atoms with Gasteiger partial charge in [0.2, 0.25) is 0 Å². The summed E-state index contributed by atoms with van der Waals surface area (Å²) in [6, 6.07) is 1.33. The number of nitrogens with zero attached hydrogens (tertiary/aromatic N) is 2. The monoisotopic (exact) mass is 162 g/mol. The van der Waals surface area contributed by atoms with Crippen molar-refractivity contribution >= 4 is 11.6 Å². The minimum absolute atomic E-state index is 0.651. The maximum atomic E-state index is 5.69. The molecule has 60 valence electrons. The van der Waals surface area contributed by atoms with Gasteiger partial charge in [0.15, 0.2) is 0 Å². The molecule has 1 fully saturated rings. The van der Waals surface area contributed by atoms with Gasteiger partial charge in [-0.25, -0.2) is 0 Å². The zero-order valence-corrected chi connectivity index (χ0v) is 7.43. The third-order valence-electron chi connectivity index (χ3n) is 2.18. The molecule has 1 saturated heterocycles. The van der Waals surface area contributed by atoms with Gasteiger partial charge in [-0.15, -0.1) is 11.6 Å². The first-order chi connectivity index (χ1) is 4.74. The first-order valence-electron chi connectivity index (χ1n) is 3.69. The highest BCUT2D eigenvalue weighted by Gasteiger charge is 2.21. The summed E-state index contributed by atoms with van der Waals surface area (Å²) in [7, 11) is 4.24. The second-order valence-electron chi connectivity index (χ2n) is 3.08. The molecule has 0 bridgehead atoms. The summed E-state index contributed by atoms with van der Waals surface area (Å²) in [6.45, 7) is 2.38. The van der Waals surface area contributed by atoms with E-state index in [2.05, 4.69) is 23.9 Å². The molecule has 0 spiro atoms. The van der Waals surface area contributed by atoms with Crippen LogP contribution >= 0.6 is 11.6 Å². The highest BCUT2D eigenvalue weighted by Crippen LogP contribution is 2.12. The van der Waals surface area contributed by atoms with Gasteiger partial charge in [-0.1, -0.05) is 0 Å². The average molecular weight is 163 g/mol. The van der Waals surface area contributed by atoms with Crippen LogP contribution in [0.5, 0.6) is 0 Å². The molecule has 1 unspecified atom stereocenters. The maximum absolute atomic E-state index is 5.69. The van der Waals surface area contributed by atoms with Crippen LogP contribution in [0, 0.1) is 0 Å². The molecule has 2 nitrogen and oxygen atoms in total. The highest BCUT2D eigenvalue weighted by atomic mass is 35.5. The molecule has 3 heteroatoms. The van der Waals surface area contributed by atoms with Crippen molar-refractivity contribution in [1.82, 2.24) is 9.80 Å². The van der Waals surface area contributed by atoms with Gasteiger partial charge in [0.05, 0.1) is 6.00 Å². The number of hydrogen-bond acceptors (Lipinski definition) is 2. The van der Waals surface area contributed by atoms with Crippen LogP contribution in [0.25, 0.3) is 0 Å². The zero-order valence-electron chi connectivity index (χ0n) is 6.68. The number of halogens is 1. The molecule has 1 aliphatic rings. The van der Waals surface area contributed by atoms with E-state index >= 15 is 0 Å². The first-order valence-corrected chi connectivity index (χ1v) is 4.22. The summed E-state index contributed by atoms with van der Waals surface area (Å²) in [4.78, 5) is 4.54. The van der Waals surface area contributed by atoms with Crippen LogP contribution in [0.2, 0.25) is 0 Å². The molecule has 0 amide bonds. The topological polar surface area (TPSA) is 6.48 Å². The Morgan fingerprint density at radius 2 is 2.40 bits per heavy atom. The minimum atomic E-state index is 0.651. The smallest absolute Gasteiger partial charge is 0.0738 e. The lowest BCUT2D eigenvalue weighted by Gasteiger charge is -2.20. The minimum Gasteiger partial charge on any atom is -0.305 e. The van der Waals surface area contributed by atoms with Crippen LogP contribution in [0.1, 0.15) is 6.42 Å². The fourth-order valence-electron chi connectivity index (χ4n) is 1.37. The molecule has 0 N–H and O–H groups in total. The SMILES string of the molecule is CN1CCC(N(C)CCl)C1. The van der Waals surface area contributed by atoms with E-state index in [-0.39, 0.29) is 0 Å². The average Bonchev–Trinajstić information content (AvgIpc) is 2.34. The summed E-state index contributed by atoms with van der Waals surface area (Å²) in [6.07, 6.45) is 1.26. The highest BCUT2D eigenvalue weighted by molar-refractivity contribution is 6.17. The summed E-state index contributed by atoms with van der Waals surface area (Å²) in [5.41, 5.74) is 0. The van der Waals surface area contributed by atoms with Crippen molar-refractivity contribution < 1.29 is 0 Å². The van der Waals surface area contributed by atoms with Gasteiger partial charge >= 0.3 is 0 Å². The molecule has 0 aliphatic carbocycles. The van der Waals surface area contributed by atoms with E-state index in [0.717, 1.165) is 0 Å².